The van der Waals surface area contributed by atoms with Crippen LogP contribution in [0.25, 0.3) is 0 Å². The number of benzene rings is 1. The molecule has 7 heteroatoms. The van der Waals surface area contributed by atoms with Crippen molar-refractivity contribution in [2.75, 3.05) is 44.7 Å². The van der Waals surface area contributed by atoms with Gasteiger partial charge in [-0.2, -0.15) is 0 Å². The minimum Gasteiger partial charge on any atom is -0.379 e. The first-order valence-corrected chi connectivity index (χ1v) is 8.30. The van der Waals surface area contributed by atoms with Gasteiger partial charge in [0.25, 0.3) is 0 Å². The molecule has 0 saturated carbocycles. The molecule has 2 N–H and O–H groups in total. The first kappa shape index (κ1) is 16.9. The summed E-state index contributed by atoms with van der Waals surface area (Å²) in [6.45, 7) is 4.85. The Hall–Kier alpha value is -1.99. The molecule has 1 aromatic rings. The number of anilines is 1. The van der Waals surface area contributed by atoms with E-state index in [0.717, 1.165) is 39.3 Å². The molecule has 0 aromatic heterocycles. The van der Waals surface area contributed by atoms with Crippen molar-refractivity contribution in [1.29, 1.82) is 0 Å². The van der Waals surface area contributed by atoms with Gasteiger partial charge in [0.2, 0.25) is 11.8 Å². The summed E-state index contributed by atoms with van der Waals surface area (Å²) in [5.74, 6) is -1.43. The molecule has 1 aromatic carbocycles. The molecule has 2 heterocycles. The summed E-state index contributed by atoms with van der Waals surface area (Å²) in [4.78, 5) is 26.5. The third-order valence-electron chi connectivity index (χ3n) is 4.42. The highest BCUT2D eigenvalue weighted by atomic mass is 19.1. The summed E-state index contributed by atoms with van der Waals surface area (Å²) in [5, 5.41) is 5.52. The number of halogens is 1. The molecule has 0 radical (unpaired) electrons. The van der Waals surface area contributed by atoms with E-state index in [2.05, 4.69) is 15.5 Å². The number of carbonyl (C=O) groups excluding carboxylic acids is 2. The fraction of sp³-hybridized carbons (Fsp3) is 0.529. The Morgan fingerprint density at radius 3 is 2.96 bits per heavy atom. The van der Waals surface area contributed by atoms with E-state index in [-0.39, 0.29) is 18.2 Å². The molecule has 0 aliphatic carbocycles. The maximum Gasteiger partial charge on any atom is 0.228 e. The van der Waals surface area contributed by atoms with Gasteiger partial charge in [0.15, 0.2) is 0 Å². The minimum absolute atomic E-state index is 0.0912. The molecule has 1 fully saturated rings. The molecular weight excluding hydrogens is 313 g/mol. The van der Waals surface area contributed by atoms with Crippen LogP contribution in [0.4, 0.5) is 10.1 Å². The van der Waals surface area contributed by atoms with Crippen molar-refractivity contribution in [3.63, 3.8) is 0 Å². The number of rotatable bonds is 5. The zero-order chi connectivity index (χ0) is 16.9. The molecule has 2 amide bonds. The van der Waals surface area contributed by atoms with Gasteiger partial charge in [0.05, 0.1) is 19.1 Å². The van der Waals surface area contributed by atoms with E-state index in [0.29, 0.717) is 17.8 Å². The molecule has 0 spiro atoms. The number of ether oxygens (including phenoxy) is 1. The van der Waals surface area contributed by atoms with Gasteiger partial charge in [-0.05, 0) is 30.7 Å². The number of carbonyl (C=O) groups is 2. The SMILES string of the molecule is O=C1CC(C(=O)NCCCN2CCOCC2)c2ccc(F)cc2N1. The first-order chi connectivity index (χ1) is 11.6. The standard InChI is InChI=1S/C17H22FN3O3/c18-12-2-3-13-14(11-16(22)20-15(13)10-12)17(23)19-4-1-5-21-6-8-24-9-7-21/h2-3,10,14H,1,4-9,11H2,(H,19,23)(H,20,22). The lowest BCUT2D eigenvalue weighted by Gasteiger charge is -2.27. The summed E-state index contributed by atoms with van der Waals surface area (Å²) < 4.78 is 18.6. The van der Waals surface area contributed by atoms with Crippen molar-refractivity contribution in [3.8, 4) is 0 Å². The van der Waals surface area contributed by atoms with Crippen LogP contribution in [0.5, 0.6) is 0 Å². The Morgan fingerprint density at radius 2 is 2.17 bits per heavy atom. The van der Waals surface area contributed by atoms with Crippen LogP contribution in [0.3, 0.4) is 0 Å². The summed E-state index contributed by atoms with van der Waals surface area (Å²) in [6, 6.07) is 4.14. The minimum atomic E-state index is -0.558. The van der Waals surface area contributed by atoms with E-state index in [9.17, 15) is 14.0 Å². The molecule has 24 heavy (non-hydrogen) atoms. The molecule has 1 saturated heterocycles. The molecule has 3 rings (SSSR count). The fourth-order valence-electron chi connectivity index (χ4n) is 3.13. The maximum absolute atomic E-state index is 13.3. The summed E-state index contributed by atoms with van der Waals surface area (Å²) in [5.41, 5.74) is 1.06. The van der Waals surface area contributed by atoms with Gasteiger partial charge in [0, 0.05) is 31.7 Å². The Balaban J connectivity index is 1.52. The van der Waals surface area contributed by atoms with E-state index >= 15 is 0 Å². The van der Waals surface area contributed by atoms with Crippen molar-refractivity contribution in [2.24, 2.45) is 0 Å². The van der Waals surface area contributed by atoms with Crippen molar-refractivity contribution in [2.45, 2.75) is 18.8 Å². The summed E-state index contributed by atoms with van der Waals surface area (Å²) >= 11 is 0. The Bertz CT molecular complexity index is 617. The first-order valence-electron chi connectivity index (χ1n) is 8.30. The molecule has 1 atom stereocenters. The third-order valence-corrected chi connectivity index (χ3v) is 4.42. The van der Waals surface area contributed by atoms with Gasteiger partial charge < -0.3 is 15.4 Å². The van der Waals surface area contributed by atoms with Crippen LogP contribution in [0.15, 0.2) is 18.2 Å². The van der Waals surface area contributed by atoms with Crippen LogP contribution < -0.4 is 10.6 Å². The van der Waals surface area contributed by atoms with Gasteiger partial charge in [-0.25, -0.2) is 4.39 Å². The number of nitrogens with zero attached hydrogens (tertiary/aromatic N) is 1. The van der Waals surface area contributed by atoms with Crippen LogP contribution in [-0.4, -0.2) is 56.1 Å². The summed E-state index contributed by atoms with van der Waals surface area (Å²) in [7, 11) is 0. The zero-order valence-electron chi connectivity index (χ0n) is 13.5. The average molecular weight is 335 g/mol. The maximum atomic E-state index is 13.3. The van der Waals surface area contributed by atoms with Crippen LogP contribution in [0, 0.1) is 5.82 Å². The van der Waals surface area contributed by atoms with Crippen molar-refractivity contribution in [3.05, 3.63) is 29.6 Å². The highest BCUT2D eigenvalue weighted by Crippen LogP contribution is 2.32. The van der Waals surface area contributed by atoms with Gasteiger partial charge in [-0.15, -0.1) is 0 Å². The lowest BCUT2D eigenvalue weighted by molar-refractivity contribution is -0.126. The van der Waals surface area contributed by atoms with E-state index in [1.165, 1.54) is 12.1 Å². The average Bonchev–Trinajstić information content (AvgIpc) is 2.58. The molecule has 1 unspecified atom stereocenters. The van der Waals surface area contributed by atoms with Crippen LogP contribution >= 0.6 is 0 Å². The van der Waals surface area contributed by atoms with Crippen LogP contribution in [0.2, 0.25) is 0 Å². The largest absolute Gasteiger partial charge is 0.379 e. The number of morpholine rings is 1. The van der Waals surface area contributed by atoms with Crippen molar-refractivity contribution in [1.82, 2.24) is 10.2 Å². The van der Waals surface area contributed by atoms with Gasteiger partial charge in [0.1, 0.15) is 5.82 Å². The monoisotopic (exact) mass is 335 g/mol. The fourth-order valence-corrected chi connectivity index (χ4v) is 3.13. The second-order valence-electron chi connectivity index (χ2n) is 6.14. The lowest BCUT2D eigenvalue weighted by Crippen LogP contribution is -2.39. The highest BCUT2D eigenvalue weighted by molar-refractivity contribution is 6.01. The Kier molecular flexibility index (Phi) is 5.42. The van der Waals surface area contributed by atoms with E-state index in [4.69, 9.17) is 4.74 Å². The number of amides is 2. The number of hydrogen-bond donors (Lipinski definition) is 2. The molecule has 2 aliphatic heterocycles. The summed E-state index contributed by atoms with van der Waals surface area (Å²) in [6.07, 6.45) is 0.939. The topological polar surface area (TPSA) is 70.7 Å². The number of hydrogen-bond acceptors (Lipinski definition) is 4. The predicted molar refractivity (Wildman–Crippen MR) is 87.3 cm³/mol. The van der Waals surface area contributed by atoms with Gasteiger partial charge in [-0.3, -0.25) is 14.5 Å². The van der Waals surface area contributed by atoms with Gasteiger partial charge in [-0.1, -0.05) is 6.07 Å². The molecular formula is C17H22FN3O3. The molecule has 2 aliphatic rings. The normalized spacial score (nSPS) is 21.0. The van der Waals surface area contributed by atoms with E-state index in [1.807, 2.05) is 0 Å². The number of fused-ring (bicyclic) bond motifs is 1. The zero-order valence-corrected chi connectivity index (χ0v) is 13.5. The molecule has 0 bridgehead atoms. The number of nitrogens with one attached hydrogen (secondary N) is 2. The predicted octanol–water partition coefficient (Wildman–Crippen LogP) is 1.09. The molecule has 130 valence electrons. The third kappa shape index (κ3) is 4.10. The second kappa shape index (κ2) is 7.72. The lowest BCUT2D eigenvalue weighted by atomic mass is 9.89. The quantitative estimate of drug-likeness (QED) is 0.791. The van der Waals surface area contributed by atoms with Crippen molar-refractivity contribution < 1.29 is 18.7 Å². The Morgan fingerprint density at radius 1 is 1.38 bits per heavy atom. The van der Waals surface area contributed by atoms with E-state index in [1.54, 1.807) is 6.07 Å². The Labute approximate surface area is 140 Å². The van der Waals surface area contributed by atoms with E-state index < -0.39 is 11.7 Å². The smallest absolute Gasteiger partial charge is 0.228 e. The van der Waals surface area contributed by atoms with Crippen molar-refractivity contribution >= 4 is 17.5 Å². The second-order valence-corrected chi connectivity index (χ2v) is 6.14. The van der Waals surface area contributed by atoms with Crippen LogP contribution in [-0.2, 0) is 14.3 Å². The molecule has 6 nitrogen and oxygen atoms in total. The van der Waals surface area contributed by atoms with Gasteiger partial charge >= 0.3 is 0 Å². The highest BCUT2D eigenvalue weighted by Gasteiger charge is 2.30. The van der Waals surface area contributed by atoms with Crippen LogP contribution in [0.1, 0.15) is 24.3 Å².